The molecule has 1 heterocycles. The highest BCUT2D eigenvalue weighted by atomic mass is 16.5. The number of methoxy groups -OCH3 is 1. The Kier molecular flexibility index (Phi) is 5.86. The van der Waals surface area contributed by atoms with Crippen molar-refractivity contribution in [1.29, 1.82) is 0 Å². The number of anilines is 1. The van der Waals surface area contributed by atoms with E-state index in [4.69, 9.17) is 4.74 Å². The van der Waals surface area contributed by atoms with Crippen LogP contribution in [-0.2, 0) is 20.7 Å². The third-order valence-electron chi connectivity index (χ3n) is 4.59. The molecular weight excluding hydrogens is 344 g/mol. The Hall–Kier alpha value is -3.15. The molecule has 1 saturated heterocycles. The minimum absolute atomic E-state index is 0.0980. The maximum atomic E-state index is 12.6. The number of nitrogens with zero attached hydrogens (tertiary/aromatic N) is 1. The van der Waals surface area contributed by atoms with E-state index in [2.05, 4.69) is 5.32 Å². The van der Waals surface area contributed by atoms with Crippen LogP contribution in [0.2, 0.25) is 0 Å². The van der Waals surface area contributed by atoms with Crippen LogP contribution in [0.15, 0.2) is 54.6 Å². The van der Waals surface area contributed by atoms with Crippen molar-refractivity contribution in [3.63, 3.8) is 0 Å². The summed E-state index contributed by atoms with van der Waals surface area (Å²) < 4.78 is 4.82. The average Bonchev–Trinajstić information content (AvgIpc) is 3.13. The van der Waals surface area contributed by atoms with Crippen LogP contribution in [-0.4, -0.2) is 37.5 Å². The van der Waals surface area contributed by atoms with Gasteiger partial charge in [0, 0.05) is 30.6 Å². The molecule has 0 aromatic heterocycles. The van der Waals surface area contributed by atoms with Gasteiger partial charge in [0.25, 0.3) is 5.91 Å². The lowest BCUT2D eigenvalue weighted by atomic mass is 10.1. The van der Waals surface area contributed by atoms with Gasteiger partial charge in [-0.05, 0) is 36.2 Å². The maximum Gasteiger partial charge on any atom is 0.328 e. The van der Waals surface area contributed by atoms with Crippen LogP contribution in [0.1, 0.15) is 28.8 Å². The van der Waals surface area contributed by atoms with E-state index in [0.29, 0.717) is 24.9 Å². The van der Waals surface area contributed by atoms with E-state index >= 15 is 0 Å². The van der Waals surface area contributed by atoms with Gasteiger partial charge in [0.2, 0.25) is 5.91 Å². The Morgan fingerprint density at radius 1 is 1.11 bits per heavy atom. The first-order chi connectivity index (χ1) is 13.1. The van der Waals surface area contributed by atoms with Crippen LogP contribution in [0.5, 0.6) is 0 Å². The van der Waals surface area contributed by atoms with Gasteiger partial charge in [-0.3, -0.25) is 9.59 Å². The lowest BCUT2D eigenvalue weighted by molar-refractivity contribution is -0.142. The van der Waals surface area contributed by atoms with E-state index in [1.54, 1.807) is 29.2 Å². The molecule has 1 N–H and O–H groups in total. The van der Waals surface area contributed by atoms with Gasteiger partial charge in [-0.2, -0.15) is 0 Å². The molecule has 0 spiro atoms. The monoisotopic (exact) mass is 366 g/mol. The Morgan fingerprint density at radius 2 is 1.81 bits per heavy atom. The fourth-order valence-corrected chi connectivity index (χ4v) is 3.14. The molecule has 2 amide bonds. The van der Waals surface area contributed by atoms with Crippen molar-refractivity contribution >= 4 is 23.5 Å². The summed E-state index contributed by atoms with van der Waals surface area (Å²) in [5, 5.41) is 2.74. The van der Waals surface area contributed by atoms with Gasteiger partial charge in [-0.1, -0.05) is 30.3 Å². The standard InChI is InChI=1S/C21H22N2O4/c1-27-21(26)18(14-15-6-3-2-4-7-15)22-20(25)16-9-11-17(12-10-16)23-13-5-8-19(23)24/h2-4,6-7,9-12,18H,5,8,13-14H2,1H3,(H,22,25)/t18-/m0/s1. The molecule has 27 heavy (non-hydrogen) atoms. The topological polar surface area (TPSA) is 75.7 Å². The first-order valence-electron chi connectivity index (χ1n) is 8.91. The summed E-state index contributed by atoms with van der Waals surface area (Å²) in [4.78, 5) is 38.2. The first kappa shape index (κ1) is 18.6. The number of ether oxygens (including phenoxy) is 1. The molecular formula is C21H22N2O4. The Bertz CT molecular complexity index is 818. The number of esters is 1. The van der Waals surface area contributed by atoms with Gasteiger partial charge in [0.05, 0.1) is 7.11 Å². The molecule has 3 rings (SSSR count). The third kappa shape index (κ3) is 4.53. The van der Waals surface area contributed by atoms with Crippen LogP contribution in [0.4, 0.5) is 5.69 Å². The molecule has 1 fully saturated rings. The van der Waals surface area contributed by atoms with Crippen molar-refractivity contribution < 1.29 is 19.1 Å². The number of amides is 2. The van der Waals surface area contributed by atoms with E-state index in [9.17, 15) is 14.4 Å². The second-order valence-electron chi connectivity index (χ2n) is 6.43. The second kappa shape index (κ2) is 8.49. The van der Waals surface area contributed by atoms with Crippen LogP contribution in [0.25, 0.3) is 0 Å². The number of benzene rings is 2. The second-order valence-corrected chi connectivity index (χ2v) is 6.43. The van der Waals surface area contributed by atoms with Crippen LogP contribution >= 0.6 is 0 Å². The zero-order valence-corrected chi connectivity index (χ0v) is 15.2. The van der Waals surface area contributed by atoms with Gasteiger partial charge >= 0.3 is 5.97 Å². The highest BCUT2D eigenvalue weighted by Crippen LogP contribution is 2.21. The van der Waals surface area contributed by atoms with E-state index < -0.39 is 12.0 Å². The molecule has 0 saturated carbocycles. The average molecular weight is 366 g/mol. The molecule has 1 aliphatic rings. The highest BCUT2D eigenvalue weighted by molar-refractivity contribution is 5.98. The molecule has 1 atom stereocenters. The minimum atomic E-state index is -0.773. The van der Waals surface area contributed by atoms with Gasteiger partial charge < -0.3 is 15.0 Å². The number of hydrogen-bond donors (Lipinski definition) is 1. The molecule has 0 bridgehead atoms. The molecule has 0 unspecified atom stereocenters. The summed E-state index contributed by atoms with van der Waals surface area (Å²) in [7, 11) is 1.30. The minimum Gasteiger partial charge on any atom is -0.467 e. The van der Waals surface area contributed by atoms with Crippen LogP contribution in [0.3, 0.4) is 0 Å². The van der Waals surface area contributed by atoms with E-state index in [1.165, 1.54) is 7.11 Å². The fraction of sp³-hybridized carbons (Fsp3) is 0.286. The molecule has 140 valence electrons. The first-order valence-corrected chi connectivity index (χ1v) is 8.91. The summed E-state index contributed by atoms with van der Waals surface area (Å²) in [6, 6.07) is 15.5. The van der Waals surface area contributed by atoms with Crippen molar-refractivity contribution in [3.05, 3.63) is 65.7 Å². The lowest BCUT2D eigenvalue weighted by Gasteiger charge is -2.18. The SMILES string of the molecule is COC(=O)[C@H](Cc1ccccc1)NC(=O)c1ccc(N2CCCC2=O)cc1. The van der Waals surface area contributed by atoms with E-state index in [0.717, 1.165) is 17.7 Å². The molecule has 2 aromatic rings. The van der Waals surface area contributed by atoms with Crippen LogP contribution in [0, 0.1) is 0 Å². The Labute approximate surface area is 158 Å². The lowest BCUT2D eigenvalue weighted by Crippen LogP contribution is -2.43. The summed E-state index contributed by atoms with van der Waals surface area (Å²) in [6.07, 6.45) is 1.75. The summed E-state index contributed by atoms with van der Waals surface area (Å²) in [5.74, 6) is -0.757. The van der Waals surface area contributed by atoms with Crippen molar-refractivity contribution in [2.24, 2.45) is 0 Å². The van der Waals surface area contributed by atoms with Gasteiger partial charge in [0.1, 0.15) is 6.04 Å². The van der Waals surface area contributed by atoms with E-state index in [1.807, 2.05) is 30.3 Å². The zero-order valence-electron chi connectivity index (χ0n) is 15.2. The summed E-state index contributed by atoms with van der Waals surface area (Å²) in [6.45, 7) is 0.700. The highest BCUT2D eigenvalue weighted by Gasteiger charge is 2.24. The summed E-state index contributed by atoms with van der Waals surface area (Å²) >= 11 is 0. The van der Waals surface area contributed by atoms with Crippen LogP contribution < -0.4 is 10.2 Å². The predicted octanol–water partition coefficient (Wildman–Crippen LogP) is 2.33. The fourth-order valence-electron chi connectivity index (χ4n) is 3.14. The molecule has 0 aliphatic carbocycles. The normalized spacial score (nSPS) is 14.7. The predicted molar refractivity (Wildman–Crippen MR) is 101 cm³/mol. The molecule has 1 aliphatic heterocycles. The Morgan fingerprint density at radius 3 is 2.41 bits per heavy atom. The summed E-state index contributed by atoms with van der Waals surface area (Å²) in [5.41, 5.74) is 2.13. The number of carbonyl (C=O) groups excluding carboxylic acids is 3. The van der Waals surface area contributed by atoms with Crippen molar-refractivity contribution in [2.45, 2.75) is 25.3 Å². The van der Waals surface area contributed by atoms with Gasteiger partial charge in [-0.25, -0.2) is 4.79 Å². The Balaban J connectivity index is 1.69. The number of hydrogen-bond acceptors (Lipinski definition) is 4. The van der Waals surface area contributed by atoms with Crippen molar-refractivity contribution in [1.82, 2.24) is 5.32 Å². The zero-order chi connectivity index (χ0) is 19.2. The van der Waals surface area contributed by atoms with E-state index in [-0.39, 0.29) is 11.8 Å². The third-order valence-corrected chi connectivity index (χ3v) is 4.59. The largest absolute Gasteiger partial charge is 0.467 e. The number of carbonyl (C=O) groups is 3. The smallest absolute Gasteiger partial charge is 0.328 e. The van der Waals surface area contributed by atoms with Gasteiger partial charge in [0.15, 0.2) is 0 Å². The molecule has 2 aromatic carbocycles. The van der Waals surface area contributed by atoms with Crippen molar-refractivity contribution in [3.8, 4) is 0 Å². The molecule has 6 nitrogen and oxygen atoms in total. The maximum absolute atomic E-state index is 12.6. The quantitative estimate of drug-likeness (QED) is 0.796. The molecule has 0 radical (unpaired) electrons. The van der Waals surface area contributed by atoms with Crippen molar-refractivity contribution in [2.75, 3.05) is 18.6 Å². The molecule has 6 heteroatoms. The number of rotatable bonds is 6. The van der Waals surface area contributed by atoms with Gasteiger partial charge in [-0.15, -0.1) is 0 Å². The number of nitrogens with one attached hydrogen (secondary N) is 1.